The highest BCUT2D eigenvalue weighted by Crippen LogP contribution is 2.38. The van der Waals surface area contributed by atoms with Gasteiger partial charge in [-0.3, -0.25) is 4.90 Å². The van der Waals surface area contributed by atoms with Crippen molar-refractivity contribution in [2.24, 2.45) is 11.8 Å². The largest absolute Gasteiger partial charge is 0.370 e. The SMILES string of the molecule is CCc1ccc2c(N3CC4CCN(CC(F)F)CC4C3)cc(-c3ccc(CCCNC)cc3)nc2c1. The molecule has 2 fully saturated rings. The van der Waals surface area contributed by atoms with E-state index in [0.29, 0.717) is 11.8 Å². The number of hydrogen-bond acceptors (Lipinski definition) is 4. The van der Waals surface area contributed by atoms with Gasteiger partial charge in [0, 0.05) is 36.3 Å². The topological polar surface area (TPSA) is 31.4 Å². The molecule has 0 aliphatic carbocycles. The van der Waals surface area contributed by atoms with Crippen molar-refractivity contribution in [3.05, 3.63) is 59.7 Å². The number of benzene rings is 2. The molecule has 1 N–H and O–H groups in total. The van der Waals surface area contributed by atoms with Crippen LogP contribution in [0.1, 0.15) is 30.9 Å². The number of alkyl halides is 2. The maximum absolute atomic E-state index is 13.0. The molecule has 4 nitrogen and oxygen atoms in total. The zero-order valence-electron chi connectivity index (χ0n) is 21.5. The zero-order valence-corrected chi connectivity index (χ0v) is 21.5. The Morgan fingerprint density at radius 2 is 1.78 bits per heavy atom. The van der Waals surface area contributed by atoms with E-state index >= 15 is 0 Å². The first-order chi connectivity index (χ1) is 17.5. The molecule has 0 saturated carbocycles. The highest BCUT2D eigenvalue weighted by Gasteiger charge is 2.38. The molecular weight excluding hydrogens is 454 g/mol. The average molecular weight is 493 g/mol. The first-order valence-corrected chi connectivity index (χ1v) is 13.5. The van der Waals surface area contributed by atoms with Crippen molar-refractivity contribution in [1.82, 2.24) is 15.2 Å². The van der Waals surface area contributed by atoms with Crippen molar-refractivity contribution >= 4 is 16.6 Å². The summed E-state index contributed by atoms with van der Waals surface area (Å²) in [4.78, 5) is 9.55. The number of aromatic nitrogens is 1. The molecule has 3 aromatic rings. The number of nitrogens with zero attached hydrogens (tertiary/aromatic N) is 3. The van der Waals surface area contributed by atoms with Gasteiger partial charge >= 0.3 is 0 Å². The molecule has 192 valence electrons. The molecule has 0 radical (unpaired) electrons. The van der Waals surface area contributed by atoms with Crippen LogP contribution in [0.4, 0.5) is 14.5 Å². The lowest BCUT2D eigenvalue weighted by Gasteiger charge is -2.33. The summed E-state index contributed by atoms with van der Waals surface area (Å²) in [6.45, 7) is 6.56. The molecule has 6 heteroatoms. The third-order valence-corrected chi connectivity index (χ3v) is 8.02. The second kappa shape index (κ2) is 11.2. The van der Waals surface area contributed by atoms with E-state index in [1.54, 1.807) is 0 Å². The van der Waals surface area contributed by atoms with Crippen LogP contribution < -0.4 is 10.2 Å². The number of likely N-dealkylation sites (tertiary alicyclic amines) is 1. The van der Waals surface area contributed by atoms with Gasteiger partial charge in [0.25, 0.3) is 6.43 Å². The second-order valence-electron chi connectivity index (χ2n) is 10.5. The zero-order chi connectivity index (χ0) is 25.1. The predicted molar refractivity (Wildman–Crippen MR) is 145 cm³/mol. The van der Waals surface area contributed by atoms with E-state index < -0.39 is 6.43 Å². The van der Waals surface area contributed by atoms with Crippen LogP contribution in [0.5, 0.6) is 0 Å². The minimum Gasteiger partial charge on any atom is -0.370 e. The number of rotatable bonds is 9. The summed E-state index contributed by atoms with van der Waals surface area (Å²) in [6, 6.07) is 17.7. The van der Waals surface area contributed by atoms with Gasteiger partial charge in [-0.15, -0.1) is 0 Å². The van der Waals surface area contributed by atoms with Crippen LogP contribution in [0.25, 0.3) is 22.2 Å². The monoisotopic (exact) mass is 492 g/mol. The maximum atomic E-state index is 13.0. The summed E-state index contributed by atoms with van der Waals surface area (Å²) in [6.07, 6.45) is 1.91. The van der Waals surface area contributed by atoms with Crippen molar-refractivity contribution in [3.63, 3.8) is 0 Å². The van der Waals surface area contributed by atoms with Gasteiger partial charge in [-0.05, 0) is 80.9 Å². The summed E-state index contributed by atoms with van der Waals surface area (Å²) in [5, 5.41) is 4.40. The van der Waals surface area contributed by atoms with Crippen LogP contribution in [0.3, 0.4) is 0 Å². The van der Waals surface area contributed by atoms with Crippen molar-refractivity contribution < 1.29 is 8.78 Å². The molecule has 2 atom stereocenters. The Balaban J connectivity index is 1.44. The molecule has 0 spiro atoms. The van der Waals surface area contributed by atoms with E-state index in [4.69, 9.17) is 4.98 Å². The lowest BCUT2D eigenvalue weighted by Crippen LogP contribution is -2.42. The first-order valence-electron chi connectivity index (χ1n) is 13.5. The summed E-state index contributed by atoms with van der Waals surface area (Å²) < 4.78 is 26.0. The molecule has 5 rings (SSSR count). The fourth-order valence-electron chi connectivity index (χ4n) is 6.00. The van der Waals surface area contributed by atoms with Gasteiger partial charge in [0.1, 0.15) is 0 Å². The van der Waals surface area contributed by atoms with Crippen LogP contribution >= 0.6 is 0 Å². The summed E-state index contributed by atoms with van der Waals surface area (Å²) in [5.74, 6) is 1.01. The number of pyridine rings is 1. The van der Waals surface area contributed by atoms with Gasteiger partial charge in [0.05, 0.1) is 17.8 Å². The van der Waals surface area contributed by atoms with E-state index in [1.807, 2.05) is 11.9 Å². The Morgan fingerprint density at radius 1 is 1.00 bits per heavy atom. The molecule has 2 saturated heterocycles. The Labute approximate surface area is 213 Å². The van der Waals surface area contributed by atoms with Crippen LogP contribution in [-0.2, 0) is 12.8 Å². The number of anilines is 1. The molecule has 36 heavy (non-hydrogen) atoms. The molecule has 1 aromatic heterocycles. The maximum Gasteiger partial charge on any atom is 0.251 e. The fourth-order valence-corrected chi connectivity index (χ4v) is 6.00. The third-order valence-electron chi connectivity index (χ3n) is 8.02. The molecule has 2 aliphatic heterocycles. The normalized spacial score (nSPS) is 20.4. The predicted octanol–water partition coefficient (Wildman–Crippen LogP) is 5.64. The van der Waals surface area contributed by atoms with Crippen LogP contribution in [0.2, 0.25) is 0 Å². The second-order valence-corrected chi connectivity index (χ2v) is 10.5. The summed E-state index contributed by atoms with van der Waals surface area (Å²) in [5.41, 5.74) is 7.04. The smallest absolute Gasteiger partial charge is 0.251 e. The summed E-state index contributed by atoms with van der Waals surface area (Å²) >= 11 is 0. The average Bonchev–Trinajstić information content (AvgIpc) is 3.31. The highest BCUT2D eigenvalue weighted by atomic mass is 19.3. The molecule has 0 bridgehead atoms. The lowest BCUT2D eigenvalue weighted by molar-refractivity contribution is 0.0571. The molecule has 0 amide bonds. The molecular formula is C30H38F2N4. The molecule has 2 aromatic carbocycles. The number of aryl methyl sites for hydroxylation is 2. The van der Waals surface area contributed by atoms with Gasteiger partial charge in [0.2, 0.25) is 0 Å². The van der Waals surface area contributed by atoms with Crippen molar-refractivity contribution in [3.8, 4) is 11.3 Å². The van der Waals surface area contributed by atoms with Crippen LogP contribution in [0.15, 0.2) is 48.5 Å². The molecule has 2 aliphatic rings. The van der Waals surface area contributed by atoms with Gasteiger partial charge < -0.3 is 10.2 Å². The Bertz CT molecular complexity index is 1160. The molecule has 2 unspecified atom stereocenters. The third kappa shape index (κ3) is 5.55. The van der Waals surface area contributed by atoms with Crippen molar-refractivity contribution in [2.75, 3.05) is 51.2 Å². The van der Waals surface area contributed by atoms with Crippen molar-refractivity contribution in [1.29, 1.82) is 0 Å². The number of piperidine rings is 1. The first kappa shape index (κ1) is 25.1. The van der Waals surface area contributed by atoms with E-state index in [-0.39, 0.29) is 6.54 Å². The van der Waals surface area contributed by atoms with E-state index in [2.05, 4.69) is 65.7 Å². The van der Waals surface area contributed by atoms with Gasteiger partial charge in [0.15, 0.2) is 0 Å². The number of nitrogens with one attached hydrogen (secondary N) is 1. The fraction of sp³-hybridized carbons (Fsp3) is 0.500. The highest BCUT2D eigenvalue weighted by molar-refractivity contribution is 5.94. The minimum absolute atomic E-state index is 0.101. The minimum atomic E-state index is -2.26. The van der Waals surface area contributed by atoms with Gasteiger partial charge in [-0.25, -0.2) is 13.8 Å². The van der Waals surface area contributed by atoms with E-state index in [0.717, 1.165) is 75.2 Å². The Kier molecular flexibility index (Phi) is 7.82. The van der Waals surface area contributed by atoms with E-state index in [1.165, 1.54) is 22.2 Å². The summed E-state index contributed by atoms with van der Waals surface area (Å²) in [7, 11) is 1.99. The van der Waals surface area contributed by atoms with Gasteiger partial charge in [-0.1, -0.05) is 43.3 Å². The van der Waals surface area contributed by atoms with Crippen molar-refractivity contribution in [2.45, 2.75) is 39.0 Å². The van der Waals surface area contributed by atoms with E-state index in [9.17, 15) is 8.78 Å². The standard InChI is InChI=1S/C30H38F2N4/c1-3-21-8-11-26-28(15-21)34-27(23-9-6-22(7-10-23)5-4-13-33-2)16-29(26)36-18-24-12-14-35(20-30(31)32)17-25(24)19-36/h6-11,15-16,24-25,30,33H,3-5,12-14,17-20H2,1-2H3. The number of hydrogen-bond donors (Lipinski definition) is 1. The lowest BCUT2D eigenvalue weighted by atomic mass is 9.89. The quantitative estimate of drug-likeness (QED) is 0.392. The van der Waals surface area contributed by atoms with Crippen LogP contribution in [0, 0.1) is 11.8 Å². The Hall–Kier alpha value is -2.57. The van der Waals surface area contributed by atoms with Gasteiger partial charge in [-0.2, -0.15) is 0 Å². The Morgan fingerprint density at radius 3 is 2.53 bits per heavy atom. The molecule has 3 heterocycles. The number of fused-ring (bicyclic) bond motifs is 2. The number of halogens is 2. The van der Waals surface area contributed by atoms with Crippen LogP contribution in [-0.4, -0.2) is 62.6 Å².